The van der Waals surface area contributed by atoms with Gasteiger partial charge in [-0.05, 0) is 42.0 Å². The molecular formula is C21H17N3O. The molecule has 4 heteroatoms. The third-order valence-electron chi connectivity index (χ3n) is 3.76. The Morgan fingerprint density at radius 1 is 0.880 bits per heavy atom. The molecule has 3 aromatic carbocycles. The van der Waals surface area contributed by atoms with Gasteiger partial charge in [-0.1, -0.05) is 48.5 Å². The fraction of sp³-hybridized carbons (Fsp3) is 0.0476. The summed E-state index contributed by atoms with van der Waals surface area (Å²) in [6.07, 6.45) is 0. The molecule has 25 heavy (non-hydrogen) atoms. The van der Waals surface area contributed by atoms with Crippen molar-refractivity contribution in [2.75, 3.05) is 10.2 Å². The van der Waals surface area contributed by atoms with Gasteiger partial charge in [-0.25, -0.2) is 4.79 Å². The second kappa shape index (κ2) is 7.80. The molecular weight excluding hydrogens is 310 g/mol. The van der Waals surface area contributed by atoms with Crippen LogP contribution in [-0.2, 0) is 6.54 Å². The Hall–Kier alpha value is -3.58. The predicted octanol–water partition coefficient (Wildman–Crippen LogP) is 4.80. The summed E-state index contributed by atoms with van der Waals surface area (Å²) in [5.74, 6) is 0. The summed E-state index contributed by atoms with van der Waals surface area (Å²) in [7, 11) is 0. The van der Waals surface area contributed by atoms with E-state index in [-0.39, 0.29) is 6.03 Å². The Labute approximate surface area is 147 Å². The number of amides is 2. The molecule has 4 nitrogen and oxygen atoms in total. The molecule has 0 aromatic heterocycles. The summed E-state index contributed by atoms with van der Waals surface area (Å²) in [5.41, 5.74) is 3.07. The maximum Gasteiger partial charge on any atom is 0.326 e. The van der Waals surface area contributed by atoms with Gasteiger partial charge < -0.3 is 5.32 Å². The van der Waals surface area contributed by atoms with Gasteiger partial charge in [0.15, 0.2) is 0 Å². The molecule has 0 saturated heterocycles. The minimum absolute atomic E-state index is 0.222. The van der Waals surface area contributed by atoms with Crippen molar-refractivity contribution in [2.24, 2.45) is 0 Å². The van der Waals surface area contributed by atoms with Gasteiger partial charge in [0.1, 0.15) is 0 Å². The lowest BCUT2D eigenvalue weighted by Crippen LogP contribution is -2.34. The predicted molar refractivity (Wildman–Crippen MR) is 99.2 cm³/mol. The van der Waals surface area contributed by atoms with Gasteiger partial charge in [0.2, 0.25) is 0 Å². The van der Waals surface area contributed by atoms with E-state index in [1.54, 1.807) is 29.2 Å². The molecule has 0 spiro atoms. The first kappa shape index (κ1) is 16.3. The summed E-state index contributed by atoms with van der Waals surface area (Å²) >= 11 is 0. The molecule has 0 unspecified atom stereocenters. The first-order chi connectivity index (χ1) is 12.3. The number of nitriles is 1. The SMILES string of the molecule is N#Cc1ccc(NC(=O)N(Cc2ccccc2)c2ccccc2)cc1. The molecule has 0 radical (unpaired) electrons. The summed E-state index contributed by atoms with van der Waals surface area (Å²) in [5, 5.41) is 11.8. The molecule has 0 fully saturated rings. The summed E-state index contributed by atoms with van der Waals surface area (Å²) in [4.78, 5) is 14.5. The van der Waals surface area contributed by atoms with E-state index in [4.69, 9.17) is 5.26 Å². The van der Waals surface area contributed by atoms with Gasteiger partial charge in [-0.3, -0.25) is 4.90 Å². The molecule has 3 rings (SSSR count). The maximum absolute atomic E-state index is 12.8. The van der Waals surface area contributed by atoms with E-state index in [1.165, 1.54) is 0 Å². The number of para-hydroxylation sites is 1. The minimum atomic E-state index is -0.222. The number of anilines is 2. The first-order valence-electron chi connectivity index (χ1n) is 7.94. The quantitative estimate of drug-likeness (QED) is 0.748. The van der Waals surface area contributed by atoms with Crippen LogP contribution < -0.4 is 10.2 Å². The molecule has 0 heterocycles. The van der Waals surface area contributed by atoms with Crippen molar-refractivity contribution >= 4 is 17.4 Å². The third-order valence-corrected chi connectivity index (χ3v) is 3.76. The highest BCUT2D eigenvalue weighted by molar-refractivity contribution is 6.01. The fourth-order valence-corrected chi connectivity index (χ4v) is 2.47. The van der Waals surface area contributed by atoms with E-state index in [9.17, 15) is 4.79 Å². The van der Waals surface area contributed by atoms with Crippen LogP contribution in [0.25, 0.3) is 0 Å². The van der Waals surface area contributed by atoms with E-state index < -0.39 is 0 Å². The third kappa shape index (κ3) is 4.24. The molecule has 0 aliphatic rings. The number of benzene rings is 3. The second-order valence-corrected chi connectivity index (χ2v) is 5.53. The summed E-state index contributed by atoms with van der Waals surface area (Å²) in [6, 6.07) is 28.0. The van der Waals surface area contributed by atoms with Crippen LogP contribution in [0.15, 0.2) is 84.9 Å². The topological polar surface area (TPSA) is 56.1 Å². The molecule has 0 saturated carbocycles. The number of nitrogens with one attached hydrogen (secondary N) is 1. The van der Waals surface area contributed by atoms with Gasteiger partial charge in [-0.2, -0.15) is 5.26 Å². The van der Waals surface area contributed by atoms with Crippen molar-refractivity contribution in [1.82, 2.24) is 0 Å². The number of hydrogen-bond acceptors (Lipinski definition) is 2. The van der Waals surface area contributed by atoms with Crippen LogP contribution in [0.3, 0.4) is 0 Å². The number of urea groups is 1. The Morgan fingerprint density at radius 3 is 2.08 bits per heavy atom. The normalized spacial score (nSPS) is 9.88. The number of nitrogens with zero attached hydrogens (tertiary/aromatic N) is 2. The molecule has 3 aromatic rings. The van der Waals surface area contributed by atoms with Gasteiger partial charge >= 0.3 is 6.03 Å². The highest BCUT2D eigenvalue weighted by Gasteiger charge is 2.16. The van der Waals surface area contributed by atoms with Crippen molar-refractivity contribution in [2.45, 2.75) is 6.54 Å². The Morgan fingerprint density at radius 2 is 1.48 bits per heavy atom. The molecule has 0 aliphatic heterocycles. The van der Waals surface area contributed by atoms with Crippen molar-refractivity contribution in [3.05, 3.63) is 96.1 Å². The first-order valence-corrected chi connectivity index (χ1v) is 7.94. The maximum atomic E-state index is 12.8. The zero-order valence-corrected chi connectivity index (χ0v) is 13.6. The Bertz CT molecular complexity index is 869. The van der Waals surface area contributed by atoms with E-state index in [0.717, 1.165) is 11.3 Å². The highest BCUT2D eigenvalue weighted by Crippen LogP contribution is 2.19. The van der Waals surface area contributed by atoms with Gasteiger partial charge in [0, 0.05) is 11.4 Å². The lowest BCUT2D eigenvalue weighted by Gasteiger charge is -2.23. The fourth-order valence-electron chi connectivity index (χ4n) is 2.47. The molecule has 0 aliphatic carbocycles. The van der Waals surface area contributed by atoms with Crippen LogP contribution in [0.4, 0.5) is 16.2 Å². The van der Waals surface area contributed by atoms with Crippen LogP contribution in [0, 0.1) is 11.3 Å². The van der Waals surface area contributed by atoms with Crippen LogP contribution in [0.2, 0.25) is 0 Å². The smallest absolute Gasteiger partial charge is 0.308 e. The van der Waals surface area contributed by atoms with Crippen LogP contribution in [-0.4, -0.2) is 6.03 Å². The molecule has 0 atom stereocenters. The molecule has 2 amide bonds. The molecule has 1 N–H and O–H groups in total. The van der Waals surface area contributed by atoms with Gasteiger partial charge in [-0.15, -0.1) is 0 Å². The van der Waals surface area contributed by atoms with Crippen molar-refractivity contribution in [3.63, 3.8) is 0 Å². The van der Waals surface area contributed by atoms with Crippen molar-refractivity contribution in [3.8, 4) is 6.07 Å². The standard InChI is InChI=1S/C21H17N3O/c22-15-17-11-13-19(14-12-17)23-21(25)24(20-9-5-2-6-10-20)16-18-7-3-1-4-8-18/h1-14H,16H2,(H,23,25). The average molecular weight is 327 g/mol. The Balaban J connectivity index is 1.82. The zero-order chi connectivity index (χ0) is 17.5. The van der Waals surface area contributed by atoms with E-state index >= 15 is 0 Å². The summed E-state index contributed by atoms with van der Waals surface area (Å²) in [6.45, 7) is 0.465. The van der Waals surface area contributed by atoms with E-state index in [0.29, 0.717) is 17.8 Å². The Kier molecular flexibility index (Phi) is 5.08. The highest BCUT2D eigenvalue weighted by atomic mass is 16.2. The van der Waals surface area contributed by atoms with E-state index in [1.807, 2.05) is 60.7 Å². The zero-order valence-electron chi connectivity index (χ0n) is 13.6. The van der Waals surface area contributed by atoms with Crippen LogP contribution >= 0.6 is 0 Å². The van der Waals surface area contributed by atoms with Crippen LogP contribution in [0.1, 0.15) is 11.1 Å². The lowest BCUT2D eigenvalue weighted by atomic mass is 10.2. The van der Waals surface area contributed by atoms with Gasteiger partial charge in [0.25, 0.3) is 0 Å². The number of carbonyl (C=O) groups excluding carboxylic acids is 1. The summed E-state index contributed by atoms with van der Waals surface area (Å²) < 4.78 is 0. The van der Waals surface area contributed by atoms with Crippen molar-refractivity contribution < 1.29 is 4.79 Å². The largest absolute Gasteiger partial charge is 0.326 e. The number of carbonyl (C=O) groups is 1. The minimum Gasteiger partial charge on any atom is -0.308 e. The number of hydrogen-bond donors (Lipinski definition) is 1. The molecule has 122 valence electrons. The van der Waals surface area contributed by atoms with E-state index in [2.05, 4.69) is 11.4 Å². The number of rotatable bonds is 4. The lowest BCUT2D eigenvalue weighted by molar-refractivity contribution is 0.256. The molecule has 0 bridgehead atoms. The van der Waals surface area contributed by atoms with Crippen LogP contribution in [0.5, 0.6) is 0 Å². The van der Waals surface area contributed by atoms with Crippen molar-refractivity contribution in [1.29, 1.82) is 5.26 Å². The second-order valence-electron chi connectivity index (χ2n) is 5.53. The monoisotopic (exact) mass is 327 g/mol. The van der Waals surface area contributed by atoms with Gasteiger partial charge in [0.05, 0.1) is 18.2 Å². The average Bonchev–Trinajstić information content (AvgIpc) is 2.68.